The second kappa shape index (κ2) is 4.94. The third-order valence-corrected chi connectivity index (χ3v) is 2.89. The van der Waals surface area contributed by atoms with Gasteiger partial charge in [0.1, 0.15) is 0 Å². The first kappa shape index (κ1) is 11.0. The maximum atomic E-state index is 5.75. The van der Waals surface area contributed by atoms with Gasteiger partial charge < -0.3 is 15.5 Å². The molecule has 78 valence electrons. The summed E-state index contributed by atoms with van der Waals surface area (Å²) in [6.07, 6.45) is 3.65. The van der Waals surface area contributed by atoms with Crippen molar-refractivity contribution in [3.8, 4) is 0 Å². The van der Waals surface area contributed by atoms with Crippen molar-refractivity contribution in [1.82, 2.24) is 9.80 Å². The summed E-state index contributed by atoms with van der Waals surface area (Å²) in [5, 5.41) is 0. The third kappa shape index (κ3) is 3.63. The van der Waals surface area contributed by atoms with Crippen molar-refractivity contribution in [2.75, 3.05) is 34.2 Å². The normalized spacial score (nSPS) is 28.2. The molecule has 0 aromatic carbocycles. The van der Waals surface area contributed by atoms with Crippen LogP contribution in [-0.2, 0) is 0 Å². The van der Waals surface area contributed by atoms with E-state index in [1.54, 1.807) is 0 Å². The molecule has 3 heteroatoms. The molecule has 3 nitrogen and oxygen atoms in total. The molecule has 0 radical (unpaired) electrons. The lowest BCUT2D eigenvalue weighted by Gasteiger charge is -2.39. The smallest absolute Gasteiger partial charge is 0.0122 e. The van der Waals surface area contributed by atoms with Gasteiger partial charge in [0.25, 0.3) is 0 Å². The average molecular weight is 185 g/mol. The second-order valence-electron chi connectivity index (χ2n) is 4.52. The fourth-order valence-corrected chi connectivity index (χ4v) is 1.81. The first-order valence-corrected chi connectivity index (χ1v) is 5.20. The number of nitrogens with two attached hydrogens (primary N) is 1. The van der Waals surface area contributed by atoms with Crippen molar-refractivity contribution >= 4 is 0 Å². The van der Waals surface area contributed by atoms with Gasteiger partial charge in [-0.2, -0.15) is 0 Å². The van der Waals surface area contributed by atoms with Crippen LogP contribution in [0.5, 0.6) is 0 Å². The Labute approximate surface area is 81.9 Å². The Morgan fingerprint density at radius 2 is 1.77 bits per heavy atom. The van der Waals surface area contributed by atoms with E-state index in [1.165, 1.54) is 32.4 Å². The molecule has 0 aromatic heterocycles. The van der Waals surface area contributed by atoms with E-state index < -0.39 is 0 Å². The minimum absolute atomic E-state index is 0.473. The molecule has 2 N–H and O–H groups in total. The van der Waals surface area contributed by atoms with E-state index in [0.717, 1.165) is 6.04 Å². The Hall–Kier alpha value is -0.120. The van der Waals surface area contributed by atoms with Gasteiger partial charge in [-0.25, -0.2) is 0 Å². The maximum Gasteiger partial charge on any atom is 0.0122 e. The van der Waals surface area contributed by atoms with E-state index in [-0.39, 0.29) is 0 Å². The Morgan fingerprint density at radius 3 is 2.23 bits per heavy atom. The summed E-state index contributed by atoms with van der Waals surface area (Å²) >= 11 is 0. The van der Waals surface area contributed by atoms with Crippen LogP contribution in [0.15, 0.2) is 0 Å². The topological polar surface area (TPSA) is 32.5 Å². The van der Waals surface area contributed by atoms with Crippen molar-refractivity contribution in [2.45, 2.75) is 31.3 Å². The summed E-state index contributed by atoms with van der Waals surface area (Å²) in [5.74, 6) is 0. The van der Waals surface area contributed by atoms with Gasteiger partial charge in [-0.1, -0.05) is 0 Å². The molecule has 1 rings (SSSR count). The lowest BCUT2D eigenvalue weighted by Crippen LogP contribution is -2.49. The number of rotatable bonds is 5. The van der Waals surface area contributed by atoms with Gasteiger partial charge in [0.05, 0.1) is 0 Å². The monoisotopic (exact) mass is 185 g/mol. The molecular weight excluding hydrogens is 162 g/mol. The van der Waals surface area contributed by atoms with Crippen LogP contribution in [0.25, 0.3) is 0 Å². The van der Waals surface area contributed by atoms with Gasteiger partial charge in [0.15, 0.2) is 0 Å². The molecule has 1 aliphatic rings. The largest absolute Gasteiger partial charge is 0.328 e. The third-order valence-electron chi connectivity index (χ3n) is 2.89. The standard InChI is InChI=1S/C10H23N3/c1-12(2)5-4-6-13(3)10-7-9(11)8-10/h9-10H,4-8,11H2,1-3H3. The van der Waals surface area contributed by atoms with E-state index in [2.05, 4.69) is 30.9 Å². The van der Waals surface area contributed by atoms with E-state index in [4.69, 9.17) is 5.73 Å². The zero-order valence-corrected chi connectivity index (χ0v) is 9.16. The number of hydrogen-bond acceptors (Lipinski definition) is 3. The molecule has 0 spiro atoms. The van der Waals surface area contributed by atoms with Gasteiger partial charge in [0, 0.05) is 12.1 Å². The highest BCUT2D eigenvalue weighted by molar-refractivity contribution is 4.88. The molecule has 0 atom stereocenters. The highest BCUT2D eigenvalue weighted by Gasteiger charge is 2.28. The van der Waals surface area contributed by atoms with Crippen molar-refractivity contribution in [2.24, 2.45) is 5.73 Å². The molecule has 0 aliphatic heterocycles. The van der Waals surface area contributed by atoms with Crippen LogP contribution in [0.4, 0.5) is 0 Å². The summed E-state index contributed by atoms with van der Waals surface area (Å²) in [6.45, 7) is 2.39. The van der Waals surface area contributed by atoms with Crippen molar-refractivity contribution in [3.05, 3.63) is 0 Å². The predicted molar refractivity (Wildman–Crippen MR) is 56.8 cm³/mol. The van der Waals surface area contributed by atoms with Gasteiger partial charge >= 0.3 is 0 Å². The Bertz CT molecular complexity index is 141. The van der Waals surface area contributed by atoms with Crippen molar-refractivity contribution in [3.63, 3.8) is 0 Å². The summed E-state index contributed by atoms with van der Waals surface area (Å²) in [6, 6.07) is 1.23. The zero-order chi connectivity index (χ0) is 9.84. The van der Waals surface area contributed by atoms with Gasteiger partial charge in [0.2, 0.25) is 0 Å². The first-order chi connectivity index (χ1) is 6.09. The molecular formula is C10H23N3. The quantitative estimate of drug-likeness (QED) is 0.671. The summed E-state index contributed by atoms with van der Waals surface area (Å²) < 4.78 is 0. The minimum Gasteiger partial charge on any atom is -0.328 e. The number of hydrogen-bond donors (Lipinski definition) is 1. The van der Waals surface area contributed by atoms with Crippen LogP contribution in [0.2, 0.25) is 0 Å². The lowest BCUT2D eigenvalue weighted by molar-refractivity contribution is 0.135. The van der Waals surface area contributed by atoms with Crippen LogP contribution in [0.3, 0.4) is 0 Å². The molecule has 0 bridgehead atoms. The highest BCUT2D eigenvalue weighted by Crippen LogP contribution is 2.22. The van der Waals surface area contributed by atoms with Gasteiger partial charge in [-0.05, 0) is 53.5 Å². The first-order valence-electron chi connectivity index (χ1n) is 5.20. The van der Waals surface area contributed by atoms with Crippen molar-refractivity contribution in [1.29, 1.82) is 0 Å². The SMILES string of the molecule is CN(C)CCCN(C)C1CC(N)C1. The van der Waals surface area contributed by atoms with Crippen molar-refractivity contribution < 1.29 is 0 Å². The molecule has 0 saturated heterocycles. The van der Waals surface area contributed by atoms with E-state index in [0.29, 0.717) is 6.04 Å². The van der Waals surface area contributed by atoms with E-state index in [1.807, 2.05) is 0 Å². The molecule has 1 aliphatic carbocycles. The van der Waals surface area contributed by atoms with E-state index >= 15 is 0 Å². The fourth-order valence-electron chi connectivity index (χ4n) is 1.81. The molecule has 0 unspecified atom stereocenters. The molecule has 0 heterocycles. The molecule has 13 heavy (non-hydrogen) atoms. The lowest BCUT2D eigenvalue weighted by atomic mass is 9.86. The Kier molecular flexibility index (Phi) is 4.16. The molecule has 1 fully saturated rings. The Morgan fingerprint density at radius 1 is 1.15 bits per heavy atom. The fraction of sp³-hybridized carbons (Fsp3) is 1.00. The predicted octanol–water partition coefficient (Wildman–Crippen LogP) is 0.360. The molecule has 0 aromatic rings. The average Bonchev–Trinajstić information content (AvgIpc) is 1.97. The van der Waals surface area contributed by atoms with Gasteiger partial charge in [-0.15, -0.1) is 0 Å². The Balaban J connectivity index is 2.01. The van der Waals surface area contributed by atoms with Gasteiger partial charge in [-0.3, -0.25) is 0 Å². The summed E-state index contributed by atoms with van der Waals surface area (Å²) in [7, 11) is 6.46. The van der Waals surface area contributed by atoms with Crippen LogP contribution in [0, 0.1) is 0 Å². The molecule has 1 saturated carbocycles. The molecule has 0 amide bonds. The minimum atomic E-state index is 0.473. The van der Waals surface area contributed by atoms with Crippen LogP contribution in [0.1, 0.15) is 19.3 Å². The summed E-state index contributed by atoms with van der Waals surface area (Å²) in [4.78, 5) is 4.69. The van der Waals surface area contributed by atoms with Crippen LogP contribution >= 0.6 is 0 Å². The second-order valence-corrected chi connectivity index (χ2v) is 4.52. The summed E-state index contributed by atoms with van der Waals surface area (Å²) in [5.41, 5.74) is 5.75. The van der Waals surface area contributed by atoms with Crippen LogP contribution < -0.4 is 5.73 Å². The van der Waals surface area contributed by atoms with E-state index in [9.17, 15) is 0 Å². The highest BCUT2D eigenvalue weighted by atomic mass is 15.1. The zero-order valence-electron chi connectivity index (χ0n) is 9.16. The maximum absolute atomic E-state index is 5.75. The van der Waals surface area contributed by atoms with Crippen LogP contribution in [-0.4, -0.2) is 56.1 Å². The number of nitrogens with zero attached hydrogens (tertiary/aromatic N) is 2.